The number of piperidine rings is 1. The van der Waals surface area contributed by atoms with Crippen molar-refractivity contribution >= 4 is 42.3 Å². The Bertz CT molecular complexity index is 1570. The molecule has 0 unspecified atom stereocenters. The Morgan fingerprint density at radius 3 is 2.20 bits per heavy atom. The number of nitrogens with zero attached hydrogens (tertiary/aromatic N) is 3. The molecule has 2 aromatic carbocycles. The predicted octanol–water partition coefficient (Wildman–Crippen LogP) is 5.09. The molecule has 3 aromatic rings. The SMILES string of the molecule is CC1CCN(S(=O)(=O)c2cccc(C(=O)CNc3nc(-c4ccc(S(=O)(=O)N5CCCCCC5)cc4)cs3)c2)CC1. The number of nitrogens with one attached hydrogen (secondary N) is 1. The molecule has 1 aromatic heterocycles. The van der Waals surface area contributed by atoms with Gasteiger partial charge < -0.3 is 5.32 Å². The van der Waals surface area contributed by atoms with Gasteiger partial charge in [-0.25, -0.2) is 21.8 Å². The summed E-state index contributed by atoms with van der Waals surface area (Å²) in [6.45, 7) is 4.19. The summed E-state index contributed by atoms with van der Waals surface area (Å²) in [6.07, 6.45) is 5.55. The van der Waals surface area contributed by atoms with E-state index in [2.05, 4.69) is 17.2 Å². The number of hydrogen-bond donors (Lipinski definition) is 1. The van der Waals surface area contributed by atoms with Gasteiger partial charge in [0.2, 0.25) is 20.0 Å². The minimum absolute atomic E-state index is 0.0370. The Balaban J connectivity index is 1.21. The molecular weight excluding hydrogens is 581 g/mol. The van der Waals surface area contributed by atoms with Crippen molar-refractivity contribution in [1.29, 1.82) is 0 Å². The standard InChI is InChI=1S/C29H36N4O5S3/c1-22-13-17-33(18-14-22)41(37,38)26-8-6-7-24(19-26)28(34)20-30-29-31-27(21-39-29)23-9-11-25(12-10-23)40(35,36)32-15-4-2-3-5-16-32/h6-12,19,21-22H,2-5,13-18,20H2,1H3,(H,30,31). The molecule has 0 radical (unpaired) electrons. The highest BCUT2D eigenvalue weighted by Gasteiger charge is 2.29. The van der Waals surface area contributed by atoms with Crippen LogP contribution in [0.25, 0.3) is 11.3 Å². The molecule has 2 aliphatic heterocycles. The van der Waals surface area contributed by atoms with E-state index in [1.807, 2.05) is 5.38 Å². The van der Waals surface area contributed by atoms with Crippen LogP contribution in [0, 0.1) is 5.92 Å². The van der Waals surface area contributed by atoms with Gasteiger partial charge >= 0.3 is 0 Å². The maximum Gasteiger partial charge on any atom is 0.243 e. The fourth-order valence-electron chi connectivity index (χ4n) is 5.18. The molecule has 3 heterocycles. The number of ketones is 1. The quantitative estimate of drug-likeness (QED) is 0.333. The maximum absolute atomic E-state index is 13.1. The summed E-state index contributed by atoms with van der Waals surface area (Å²) in [5.41, 5.74) is 1.77. The molecule has 2 saturated heterocycles. The Morgan fingerprint density at radius 1 is 0.878 bits per heavy atom. The summed E-state index contributed by atoms with van der Waals surface area (Å²) in [6, 6.07) is 13.0. The lowest BCUT2D eigenvalue weighted by Gasteiger charge is -2.29. The van der Waals surface area contributed by atoms with Gasteiger partial charge in [0.15, 0.2) is 10.9 Å². The summed E-state index contributed by atoms with van der Waals surface area (Å²) in [7, 11) is -7.17. The molecule has 41 heavy (non-hydrogen) atoms. The molecule has 5 rings (SSSR count). The fourth-order valence-corrected chi connectivity index (χ4v) is 8.93. The molecule has 1 N–H and O–H groups in total. The van der Waals surface area contributed by atoms with Crippen LogP contribution in [0.1, 0.15) is 55.8 Å². The largest absolute Gasteiger partial charge is 0.354 e. The van der Waals surface area contributed by atoms with Crippen LogP contribution in [-0.4, -0.2) is 68.9 Å². The van der Waals surface area contributed by atoms with Crippen molar-refractivity contribution in [2.24, 2.45) is 5.92 Å². The second-order valence-electron chi connectivity index (χ2n) is 10.8. The Kier molecular flexibility index (Phi) is 9.24. The van der Waals surface area contributed by atoms with Crippen LogP contribution in [0.15, 0.2) is 63.7 Å². The lowest BCUT2D eigenvalue weighted by Crippen LogP contribution is -2.37. The zero-order valence-corrected chi connectivity index (χ0v) is 25.6. The summed E-state index contributed by atoms with van der Waals surface area (Å²) in [5.74, 6) is 0.269. The van der Waals surface area contributed by atoms with Gasteiger partial charge in [-0.3, -0.25) is 4.79 Å². The molecule has 0 saturated carbocycles. The number of thiazole rings is 1. The smallest absolute Gasteiger partial charge is 0.243 e. The van der Waals surface area contributed by atoms with E-state index in [0.29, 0.717) is 48.5 Å². The third-order valence-corrected chi connectivity index (χ3v) is 12.4. The molecule has 2 fully saturated rings. The van der Waals surface area contributed by atoms with E-state index in [1.54, 1.807) is 40.7 Å². The zero-order chi connectivity index (χ0) is 29.0. The first kappa shape index (κ1) is 29.8. The first-order valence-corrected chi connectivity index (χ1v) is 17.8. The van der Waals surface area contributed by atoms with Crippen LogP contribution in [0.5, 0.6) is 0 Å². The summed E-state index contributed by atoms with van der Waals surface area (Å²) >= 11 is 1.34. The number of rotatable bonds is 9. The minimum atomic E-state index is -3.65. The van der Waals surface area contributed by atoms with Crippen molar-refractivity contribution in [2.45, 2.75) is 55.2 Å². The second-order valence-corrected chi connectivity index (χ2v) is 15.5. The van der Waals surface area contributed by atoms with Gasteiger partial charge in [-0.05, 0) is 55.9 Å². The number of Topliss-reactive ketones (excluding diaryl/α,β-unsaturated/α-hetero) is 1. The predicted molar refractivity (Wildman–Crippen MR) is 161 cm³/mol. The Hall–Kier alpha value is -2.64. The summed E-state index contributed by atoms with van der Waals surface area (Å²) in [4.78, 5) is 17.9. The molecule has 2 aliphatic rings. The van der Waals surface area contributed by atoms with Gasteiger partial charge in [-0.2, -0.15) is 8.61 Å². The third kappa shape index (κ3) is 6.89. The Morgan fingerprint density at radius 2 is 1.51 bits per heavy atom. The number of sulfonamides is 2. The van der Waals surface area contributed by atoms with Crippen molar-refractivity contribution in [1.82, 2.24) is 13.6 Å². The first-order chi connectivity index (χ1) is 19.6. The molecule has 220 valence electrons. The van der Waals surface area contributed by atoms with Gasteiger partial charge in [-0.15, -0.1) is 11.3 Å². The van der Waals surface area contributed by atoms with Crippen molar-refractivity contribution in [3.63, 3.8) is 0 Å². The van der Waals surface area contributed by atoms with Crippen LogP contribution in [0.3, 0.4) is 0 Å². The van der Waals surface area contributed by atoms with Crippen LogP contribution >= 0.6 is 11.3 Å². The van der Waals surface area contributed by atoms with Crippen LogP contribution in [0.2, 0.25) is 0 Å². The summed E-state index contributed by atoms with van der Waals surface area (Å²) < 4.78 is 55.4. The van der Waals surface area contributed by atoms with E-state index in [9.17, 15) is 21.6 Å². The van der Waals surface area contributed by atoms with Crippen molar-refractivity contribution in [2.75, 3.05) is 38.0 Å². The summed E-state index contributed by atoms with van der Waals surface area (Å²) in [5, 5.41) is 5.43. The molecule has 0 aliphatic carbocycles. The van der Waals surface area contributed by atoms with Gasteiger partial charge in [-0.1, -0.05) is 44.0 Å². The average molecular weight is 617 g/mol. The molecule has 9 nitrogen and oxygen atoms in total. The third-order valence-electron chi connectivity index (χ3n) is 7.79. The van der Waals surface area contributed by atoms with E-state index in [-0.39, 0.29) is 22.1 Å². The molecule has 0 atom stereocenters. The van der Waals surface area contributed by atoms with E-state index >= 15 is 0 Å². The second kappa shape index (κ2) is 12.7. The minimum Gasteiger partial charge on any atom is -0.354 e. The van der Waals surface area contributed by atoms with Crippen LogP contribution in [0.4, 0.5) is 5.13 Å². The first-order valence-electron chi connectivity index (χ1n) is 14.1. The van der Waals surface area contributed by atoms with E-state index < -0.39 is 20.0 Å². The van der Waals surface area contributed by atoms with E-state index in [1.165, 1.54) is 27.8 Å². The monoisotopic (exact) mass is 616 g/mol. The number of aromatic nitrogens is 1. The zero-order valence-electron chi connectivity index (χ0n) is 23.2. The average Bonchev–Trinajstić information content (AvgIpc) is 3.28. The van der Waals surface area contributed by atoms with Gasteiger partial charge in [0.25, 0.3) is 0 Å². The van der Waals surface area contributed by atoms with Crippen molar-refractivity contribution < 1.29 is 21.6 Å². The number of carbonyl (C=O) groups is 1. The van der Waals surface area contributed by atoms with E-state index in [4.69, 9.17) is 0 Å². The Labute approximate surface area is 246 Å². The topological polar surface area (TPSA) is 117 Å². The number of benzene rings is 2. The maximum atomic E-state index is 13.1. The number of carbonyl (C=O) groups excluding carboxylic acids is 1. The highest BCUT2D eigenvalue weighted by Crippen LogP contribution is 2.28. The number of hydrogen-bond acceptors (Lipinski definition) is 8. The van der Waals surface area contributed by atoms with Crippen LogP contribution < -0.4 is 5.32 Å². The molecule has 0 bridgehead atoms. The van der Waals surface area contributed by atoms with Gasteiger partial charge in [0.1, 0.15) is 0 Å². The van der Waals surface area contributed by atoms with Gasteiger partial charge in [0, 0.05) is 42.7 Å². The molecular formula is C29H36N4O5S3. The lowest BCUT2D eigenvalue weighted by atomic mass is 10.0. The van der Waals surface area contributed by atoms with Crippen molar-refractivity contribution in [3.05, 3.63) is 59.5 Å². The molecule has 0 amide bonds. The van der Waals surface area contributed by atoms with Gasteiger partial charge in [0.05, 0.1) is 22.0 Å². The molecule has 12 heteroatoms. The van der Waals surface area contributed by atoms with Crippen LogP contribution in [-0.2, 0) is 20.0 Å². The fraction of sp³-hybridized carbons (Fsp3) is 0.448. The van der Waals surface area contributed by atoms with Crippen molar-refractivity contribution in [3.8, 4) is 11.3 Å². The lowest BCUT2D eigenvalue weighted by molar-refractivity contribution is 0.101. The van der Waals surface area contributed by atoms with E-state index in [0.717, 1.165) is 44.1 Å². The highest BCUT2D eigenvalue weighted by atomic mass is 32.2. The molecule has 0 spiro atoms. The normalized spacial score (nSPS) is 18.2. The highest BCUT2D eigenvalue weighted by molar-refractivity contribution is 7.89. The number of anilines is 1.